The molecule has 0 atom stereocenters. The van der Waals surface area contributed by atoms with Crippen LogP contribution in [-0.4, -0.2) is 21.7 Å². The molecule has 0 radical (unpaired) electrons. The fourth-order valence-electron chi connectivity index (χ4n) is 3.03. The molecule has 0 aliphatic carbocycles. The minimum atomic E-state index is -0.230. The van der Waals surface area contributed by atoms with Crippen molar-refractivity contribution in [2.75, 3.05) is 7.11 Å². The van der Waals surface area contributed by atoms with Gasteiger partial charge in [0.15, 0.2) is 5.82 Å². The van der Waals surface area contributed by atoms with E-state index in [0.717, 1.165) is 16.9 Å². The van der Waals surface area contributed by atoms with Crippen LogP contribution >= 0.6 is 22.9 Å². The molecular formula is C22H14ClN3O3S. The summed E-state index contributed by atoms with van der Waals surface area (Å²) in [7, 11) is 1.61. The highest BCUT2D eigenvalue weighted by molar-refractivity contribution is 7.15. The van der Waals surface area contributed by atoms with Crippen molar-refractivity contribution in [1.82, 2.24) is 14.6 Å². The standard InChI is InChI=1S/C22H14ClN3O3S/c1-28-16-8-4-14(5-9-16)20-24-22-26(25-20)21(27)19(30-22)12-17-10-11-18(29-17)13-2-6-15(23)7-3-13/h2-12H,1H3/b19-12+. The third-order valence-corrected chi connectivity index (χ3v) is 5.77. The van der Waals surface area contributed by atoms with Gasteiger partial charge in [-0.1, -0.05) is 22.9 Å². The van der Waals surface area contributed by atoms with Crippen molar-refractivity contribution < 1.29 is 9.15 Å². The average molecular weight is 436 g/mol. The summed E-state index contributed by atoms with van der Waals surface area (Å²) in [6.07, 6.45) is 1.70. The van der Waals surface area contributed by atoms with Gasteiger partial charge in [-0.15, -0.1) is 5.10 Å². The number of ether oxygens (including phenoxy) is 1. The smallest absolute Gasteiger partial charge is 0.291 e. The first kappa shape index (κ1) is 18.6. The van der Waals surface area contributed by atoms with Crippen molar-refractivity contribution in [2.24, 2.45) is 0 Å². The minimum absolute atomic E-state index is 0.230. The first-order valence-electron chi connectivity index (χ1n) is 9.02. The van der Waals surface area contributed by atoms with Crippen LogP contribution in [-0.2, 0) is 0 Å². The summed E-state index contributed by atoms with van der Waals surface area (Å²) in [6, 6.07) is 18.4. The molecule has 148 valence electrons. The molecule has 0 saturated heterocycles. The fraction of sp³-hybridized carbons (Fsp3) is 0.0455. The second-order valence-corrected chi connectivity index (χ2v) is 7.93. The van der Waals surface area contributed by atoms with Gasteiger partial charge in [0.1, 0.15) is 21.8 Å². The maximum Gasteiger partial charge on any atom is 0.291 e. The second-order valence-electron chi connectivity index (χ2n) is 6.48. The van der Waals surface area contributed by atoms with E-state index in [4.69, 9.17) is 20.8 Å². The van der Waals surface area contributed by atoms with Crippen LogP contribution in [0, 0.1) is 0 Å². The third kappa shape index (κ3) is 3.38. The highest BCUT2D eigenvalue weighted by Crippen LogP contribution is 2.24. The summed E-state index contributed by atoms with van der Waals surface area (Å²) in [5, 5.41) is 5.02. The second kappa shape index (κ2) is 7.44. The molecule has 30 heavy (non-hydrogen) atoms. The van der Waals surface area contributed by atoms with E-state index in [1.54, 1.807) is 25.3 Å². The number of methoxy groups -OCH3 is 1. The Labute approximate surface area is 179 Å². The molecule has 0 aliphatic heterocycles. The van der Waals surface area contributed by atoms with Crippen molar-refractivity contribution in [2.45, 2.75) is 0 Å². The van der Waals surface area contributed by atoms with Crippen LogP contribution < -0.4 is 14.8 Å². The lowest BCUT2D eigenvalue weighted by atomic mass is 10.2. The number of halogens is 1. The highest BCUT2D eigenvalue weighted by atomic mass is 35.5. The van der Waals surface area contributed by atoms with Crippen LogP contribution in [0.3, 0.4) is 0 Å². The van der Waals surface area contributed by atoms with Crippen LogP contribution in [0.15, 0.2) is 69.9 Å². The molecule has 2 aromatic carbocycles. The van der Waals surface area contributed by atoms with Crippen molar-refractivity contribution in [1.29, 1.82) is 0 Å². The zero-order valence-corrected chi connectivity index (χ0v) is 17.3. The van der Waals surface area contributed by atoms with E-state index >= 15 is 0 Å². The van der Waals surface area contributed by atoms with Gasteiger partial charge in [-0.25, -0.2) is 0 Å². The van der Waals surface area contributed by atoms with Crippen molar-refractivity contribution >= 4 is 34.0 Å². The number of thiazole rings is 1. The van der Waals surface area contributed by atoms with E-state index in [1.807, 2.05) is 48.5 Å². The van der Waals surface area contributed by atoms with E-state index in [9.17, 15) is 4.79 Å². The topological polar surface area (TPSA) is 69.6 Å². The van der Waals surface area contributed by atoms with Crippen molar-refractivity contribution in [3.05, 3.63) is 86.3 Å². The Hall–Kier alpha value is -3.42. The summed E-state index contributed by atoms with van der Waals surface area (Å²) in [5.41, 5.74) is 1.50. The molecule has 0 bridgehead atoms. The Balaban J connectivity index is 1.48. The first-order valence-corrected chi connectivity index (χ1v) is 10.2. The maximum atomic E-state index is 12.8. The molecule has 3 heterocycles. The average Bonchev–Trinajstić information content (AvgIpc) is 3.47. The monoisotopic (exact) mass is 435 g/mol. The minimum Gasteiger partial charge on any atom is -0.497 e. The van der Waals surface area contributed by atoms with Gasteiger partial charge < -0.3 is 9.15 Å². The Morgan fingerprint density at radius 2 is 1.77 bits per heavy atom. The maximum absolute atomic E-state index is 12.8. The molecule has 0 N–H and O–H groups in total. The molecule has 5 aromatic rings. The van der Waals surface area contributed by atoms with E-state index in [0.29, 0.717) is 31.9 Å². The lowest BCUT2D eigenvalue weighted by Crippen LogP contribution is -2.23. The predicted molar refractivity (Wildman–Crippen MR) is 117 cm³/mol. The number of nitrogens with zero attached hydrogens (tertiary/aromatic N) is 3. The Kier molecular flexibility index (Phi) is 4.61. The van der Waals surface area contributed by atoms with Crippen LogP contribution in [0.4, 0.5) is 0 Å². The van der Waals surface area contributed by atoms with Crippen LogP contribution in [0.25, 0.3) is 33.7 Å². The van der Waals surface area contributed by atoms with Gasteiger partial charge in [0.2, 0.25) is 4.96 Å². The molecule has 6 nitrogen and oxygen atoms in total. The lowest BCUT2D eigenvalue weighted by Gasteiger charge is -1.99. The van der Waals surface area contributed by atoms with Gasteiger partial charge in [-0.05, 0) is 60.7 Å². The van der Waals surface area contributed by atoms with Crippen LogP contribution in [0.5, 0.6) is 5.75 Å². The van der Waals surface area contributed by atoms with E-state index < -0.39 is 0 Å². The van der Waals surface area contributed by atoms with Crippen molar-refractivity contribution in [3.8, 4) is 28.5 Å². The predicted octanol–water partition coefficient (Wildman–Crippen LogP) is 4.29. The van der Waals surface area contributed by atoms with E-state index in [-0.39, 0.29) is 5.56 Å². The molecular weight excluding hydrogens is 422 g/mol. The van der Waals surface area contributed by atoms with Gasteiger partial charge in [0, 0.05) is 22.2 Å². The Morgan fingerprint density at radius 1 is 1.03 bits per heavy atom. The van der Waals surface area contributed by atoms with Gasteiger partial charge in [-0.3, -0.25) is 4.79 Å². The SMILES string of the molecule is COc1ccc(-c2nc3s/c(=C/c4ccc(-c5ccc(Cl)cc5)o4)c(=O)n3n2)cc1. The highest BCUT2D eigenvalue weighted by Gasteiger charge is 2.13. The zero-order chi connectivity index (χ0) is 20.7. The number of rotatable bonds is 4. The number of hydrogen-bond donors (Lipinski definition) is 0. The number of aromatic nitrogens is 3. The van der Waals surface area contributed by atoms with Crippen LogP contribution in [0.2, 0.25) is 5.02 Å². The lowest BCUT2D eigenvalue weighted by molar-refractivity contribution is 0.415. The summed E-state index contributed by atoms with van der Waals surface area (Å²) < 4.78 is 12.8. The first-order chi connectivity index (χ1) is 14.6. The van der Waals surface area contributed by atoms with Gasteiger partial charge in [0.25, 0.3) is 5.56 Å². The number of furan rings is 1. The molecule has 0 spiro atoms. The van der Waals surface area contributed by atoms with E-state index in [2.05, 4.69) is 10.1 Å². The molecule has 3 aromatic heterocycles. The molecule has 8 heteroatoms. The Bertz CT molecular complexity index is 1450. The van der Waals surface area contributed by atoms with Gasteiger partial charge >= 0.3 is 0 Å². The molecule has 0 unspecified atom stereocenters. The number of fused-ring (bicyclic) bond motifs is 1. The van der Waals surface area contributed by atoms with Gasteiger partial charge in [0.05, 0.1) is 7.11 Å². The molecule has 0 amide bonds. The van der Waals surface area contributed by atoms with E-state index in [1.165, 1.54) is 15.9 Å². The van der Waals surface area contributed by atoms with Crippen LogP contribution in [0.1, 0.15) is 5.76 Å². The number of hydrogen-bond acceptors (Lipinski definition) is 6. The summed E-state index contributed by atoms with van der Waals surface area (Å²) in [5.74, 6) is 2.52. The summed E-state index contributed by atoms with van der Waals surface area (Å²) in [4.78, 5) is 17.8. The van der Waals surface area contributed by atoms with Gasteiger partial charge in [-0.2, -0.15) is 9.50 Å². The summed E-state index contributed by atoms with van der Waals surface area (Å²) >= 11 is 7.20. The molecule has 0 saturated carbocycles. The normalized spacial score (nSPS) is 12.0. The quantitative estimate of drug-likeness (QED) is 0.421. The fourth-order valence-corrected chi connectivity index (χ4v) is 4.04. The Morgan fingerprint density at radius 3 is 2.47 bits per heavy atom. The molecule has 5 rings (SSSR count). The number of benzene rings is 2. The largest absolute Gasteiger partial charge is 0.497 e. The van der Waals surface area contributed by atoms with Crippen molar-refractivity contribution in [3.63, 3.8) is 0 Å². The zero-order valence-electron chi connectivity index (χ0n) is 15.7. The molecule has 0 fully saturated rings. The molecule has 0 aliphatic rings. The third-order valence-electron chi connectivity index (χ3n) is 4.56. The summed E-state index contributed by atoms with van der Waals surface area (Å²) in [6.45, 7) is 0.